The van der Waals surface area contributed by atoms with Gasteiger partial charge in [0.1, 0.15) is 12.1 Å². The average Bonchev–Trinajstić information content (AvgIpc) is 2.98. The molecule has 2 aliphatic heterocycles. The van der Waals surface area contributed by atoms with Crippen LogP contribution in [0.2, 0.25) is 0 Å². The number of primary amides is 1. The lowest BCUT2D eigenvalue weighted by Crippen LogP contribution is -2.41. The maximum Gasteiger partial charge on any atom is 0.327 e. The summed E-state index contributed by atoms with van der Waals surface area (Å²) in [6.07, 6.45) is 2.11. The molecule has 1 aromatic carbocycles. The van der Waals surface area contributed by atoms with Gasteiger partial charge in [-0.1, -0.05) is 30.7 Å². The molecule has 0 aromatic heterocycles. The molecule has 1 aromatic rings. The van der Waals surface area contributed by atoms with Crippen molar-refractivity contribution in [3.05, 3.63) is 35.4 Å². The van der Waals surface area contributed by atoms with Crippen molar-refractivity contribution in [1.82, 2.24) is 15.1 Å². The SMILES string of the molecule is NC(=O)CC[C@@H](NC(=O)CCCCCN1C(=O)[C@H]2Cc3ccccc3CN2C1=O)C(=O)O. The summed E-state index contributed by atoms with van der Waals surface area (Å²) in [5, 5.41) is 11.5. The molecule has 0 radical (unpaired) electrons. The lowest BCUT2D eigenvalue weighted by atomic mass is 9.95. The number of urea groups is 1. The lowest BCUT2D eigenvalue weighted by Gasteiger charge is -2.28. The zero-order chi connectivity index (χ0) is 23.3. The van der Waals surface area contributed by atoms with E-state index in [2.05, 4.69) is 5.32 Å². The van der Waals surface area contributed by atoms with Crippen LogP contribution in [0.3, 0.4) is 0 Å². The van der Waals surface area contributed by atoms with E-state index in [1.165, 1.54) is 4.90 Å². The summed E-state index contributed by atoms with van der Waals surface area (Å²) >= 11 is 0. The van der Waals surface area contributed by atoms with Crippen LogP contribution in [0.5, 0.6) is 0 Å². The first-order chi connectivity index (χ1) is 15.3. The van der Waals surface area contributed by atoms with E-state index < -0.39 is 29.9 Å². The van der Waals surface area contributed by atoms with Gasteiger partial charge in [-0.25, -0.2) is 9.59 Å². The number of benzene rings is 1. The summed E-state index contributed by atoms with van der Waals surface area (Å²) in [5.41, 5.74) is 7.18. The predicted octanol–water partition coefficient (Wildman–Crippen LogP) is 0.771. The van der Waals surface area contributed by atoms with E-state index >= 15 is 0 Å². The van der Waals surface area contributed by atoms with E-state index in [1.54, 1.807) is 4.90 Å². The molecule has 0 bridgehead atoms. The molecule has 2 atom stereocenters. The molecule has 4 N–H and O–H groups in total. The number of carboxylic acid groups (broad SMARTS) is 1. The highest BCUT2D eigenvalue weighted by molar-refractivity contribution is 6.04. The zero-order valence-corrected chi connectivity index (χ0v) is 17.8. The standard InChI is InChI=1S/C22H28N4O6/c23-18(27)10-9-16(21(30)31)24-19(28)8-2-1-5-11-25-20(29)17-12-14-6-3-4-7-15(14)13-26(17)22(25)32/h3-4,6-7,16-17H,1-2,5,8-13H2,(H2,23,27)(H,24,28)(H,30,31)/t16-,17-/m1/s1. The van der Waals surface area contributed by atoms with Crippen LogP contribution >= 0.6 is 0 Å². The molecule has 10 heteroatoms. The van der Waals surface area contributed by atoms with Gasteiger partial charge in [-0.15, -0.1) is 0 Å². The van der Waals surface area contributed by atoms with Gasteiger partial charge in [0.2, 0.25) is 11.8 Å². The molecule has 1 fully saturated rings. The summed E-state index contributed by atoms with van der Waals surface area (Å²) in [6.45, 7) is 0.724. The highest BCUT2D eigenvalue weighted by atomic mass is 16.4. The molecule has 32 heavy (non-hydrogen) atoms. The number of amides is 5. The van der Waals surface area contributed by atoms with Gasteiger partial charge in [0.05, 0.1) is 0 Å². The largest absolute Gasteiger partial charge is 0.480 e. The van der Waals surface area contributed by atoms with E-state index in [4.69, 9.17) is 10.8 Å². The quantitative estimate of drug-likeness (QED) is 0.339. The van der Waals surface area contributed by atoms with Crippen LogP contribution in [0.4, 0.5) is 4.79 Å². The number of fused-ring (bicyclic) bond motifs is 2. The minimum absolute atomic E-state index is 0.0584. The third-order valence-electron chi connectivity index (χ3n) is 5.87. The minimum Gasteiger partial charge on any atom is -0.480 e. The Hall–Kier alpha value is -3.43. The van der Waals surface area contributed by atoms with Crippen molar-refractivity contribution >= 4 is 29.7 Å². The second-order valence-corrected chi connectivity index (χ2v) is 8.16. The minimum atomic E-state index is -1.22. The average molecular weight is 444 g/mol. The molecular weight excluding hydrogens is 416 g/mol. The number of rotatable bonds is 11. The maximum absolute atomic E-state index is 12.7. The Bertz CT molecular complexity index is 874. The van der Waals surface area contributed by atoms with Gasteiger partial charge >= 0.3 is 12.0 Å². The Morgan fingerprint density at radius 1 is 1.09 bits per heavy atom. The maximum atomic E-state index is 12.7. The number of imide groups is 1. The van der Waals surface area contributed by atoms with Crippen LogP contribution < -0.4 is 11.1 Å². The molecule has 1 saturated heterocycles. The molecule has 5 amide bonds. The highest BCUT2D eigenvalue weighted by Crippen LogP contribution is 2.30. The van der Waals surface area contributed by atoms with Crippen molar-refractivity contribution < 1.29 is 29.1 Å². The fourth-order valence-corrected chi connectivity index (χ4v) is 4.12. The fraction of sp³-hybridized carbons (Fsp3) is 0.500. The van der Waals surface area contributed by atoms with Crippen molar-refractivity contribution in [2.24, 2.45) is 5.73 Å². The summed E-state index contributed by atoms with van der Waals surface area (Å²) in [6, 6.07) is 5.94. The number of nitrogens with one attached hydrogen (secondary N) is 1. The van der Waals surface area contributed by atoms with Crippen LogP contribution in [0, 0.1) is 0 Å². The van der Waals surface area contributed by atoms with Gasteiger partial charge in [0.25, 0.3) is 5.91 Å². The molecule has 0 unspecified atom stereocenters. The van der Waals surface area contributed by atoms with Gasteiger partial charge in [-0.05, 0) is 30.4 Å². The van der Waals surface area contributed by atoms with E-state index in [9.17, 15) is 24.0 Å². The van der Waals surface area contributed by atoms with Crippen molar-refractivity contribution in [2.45, 2.75) is 63.6 Å². The molecule has 172 valence electrons. The first-order valence-electron chi connectivity index (χ1n) is 10.8. The van der Waals surface area contributed by atoms with Crippen molar-refractivity contribution in [1.29, 1.82) is 0 Å². The Labute approximate surface area is 185 Å². The first kappa shape index (κ1) is 23.2. The normalized spacial score (nSPS) is 18.2. The summed E-state index contributed by atoms with van der Waals surface area (Å²) in [4.78, 5) is 62.3. The fourth-order valence-electron chi connectivity index (χ4n) is 4.12. The van der Waals surface area contributed by atoms with Crippen LogP contribution in [0.1, 0.15) is 49.7 Å². The Kier molecular flexibility index (Phi) is 7.45. The molecule has 2 heterocycles. The summed E-state index contributed by atoms with van der Waals surface area (Å²) < 4.78 is 0. The number of unbranched alkanes of at least 4 members (excludes halogenated alkanes) is 2. The molecule has 0 spiro atoms. The number of carbonyl (C=O) groups is 5. The third kappa shape index (κ3) is 5.43. The van der Waals surface area contributed by atoms with Crippen molar-refractivity contribution in [3.8, 4) is 0 Å². The van der Waals surface area contributed by atoms with Gasteiger partial charge < -0.3 is 21.1 Å². The van der Waals surface area contributed by atoms with Crippen LogP contribution in [-0.2, 0) is 32.1 Å². The van der Waals surface area contributed by atoms with E-state index in [0.29, 0.717) is 38.8 Å². The molecule has 0 saturated carbocycles. The number of nitrogens with two attached hydrogens (primary N) is 1. The second-order valence-electron chi connectivity index (χ2n) is 8.16. The molecule has 0 aliphatic carbocycles. The van der Waals surface area contributed by atoms with Crippen LogP contribution in [0.25, 0.3) is 0 Å². The summed E-state index contributed by atoms with van der Waals surface area (Å²) in [5.74, 6) is -2.45. The zero-order valence-electron chi connectivity index (χ0n) is 17.8. The van der Waals surface area contributed by atoms with Crippen LogP contribution in [0.15, 0.2) is 24.3 Å². The number of carboxylic acids is 1. The summed E-state index contributed by atoms with van der Waals surface area (Å²) in [7, 11) is 0. The van der Waals surface area contributed by atoms with Crippen molar-refractivity contribution in [3.63, 3.8) is 0 Å². The van der Waals surface area contributed by atoms with Gasteiger partial charge in [-0.3, -0.25) is 19.3 Å². The van der Waals surface area contributed by atoms with E-state index in [-0.39, 0.29) is 31.2 Å². The Morgan fingerprint density at radius 3 is 2.50 bits per heavy atom. The number of carbonyl (C=O) groups excluding carboxylic acids is 4. The van der Waals surface area contributed by atoms with E-state index in [1.807, 2.05) is 24.3 Å². The number of nitrogens with zero attached hydrogens (tertiary/aromatic N) is 2. The second kappa shape index (κ2) is 10.3. The number of aliphatic carboxylic acids is 1. The Balaban J connectivity index is 1.40. The molecule has 10 nitrogen and oxygen atoms in total. The monoisotopic (exact) mass is 444 g/mol. The molecule has 3 rings (SSSR count). The third-order valence-corrected chi connectivity index (χ3v) is 5.87. The highest BCUT2D eigenvalue weighted by Gasteiger charge is 2.46. The van der Waals surface area contributed by atoms with Crippen LogP contribution in [-0.4, -0.2) is 63.3 Å². The predicted molar refractivity (Wildman–Crippen MR) is 113 cm³/mol. The number of hydrogen-bond acceptors (Lipinski definition) is 5. The van der Waals surface area contributed by atoms with Gasteiger partial charge in [0, 0.05) is 32.4 Å². The Morgan fingerprint density at radius 2 is 1.81 bits per heavy atom. The van der Waals surface area contributed by atoms with E-state index in [0.717, 1.165) is 11.1 Å². The van der Waals surface area contributed by atoms with Gasteiger partial charge in [-0.2, -0.15) is 0 Å². The first-order valence-corrected chi connectivity index (χ1v) is 10.8. The lowest BCUT2D eigenvalue weighted by molar-refractivity contribution is -0.142. The topological polar surface area (TPSA) is 150 Å². The number of hydrogen-bond donors (Lipinski definition) is 3. The van der Waals surface area contributed by atoms with Gasteiger partial charge in [0.15, 0.2) is 0 Å². The molecule has 2 aliphatic rings. The molecular formula is C22H28N4O6. The smallest absolute Gasteiger partial charge is 0.327 e. The van der Waals surface area contributed by atoms with Crippen molar-refractivity contribution in [2.75, 3.05) is 6.54 Å².